The van der Waals surface area contributed by atoms with Gasteiger partial charge >= 0.3 is 12.1 Å². The fourth-order valence-corrected chi connectivity index (χ4v) is 4.05. The standard InChI is InChI=1S/C26H33ClF3NO3/c1-6-17-7-11-19(12-8-17)23(16(2)26(28,29)30)24(33)31-21-15-18(9-13-20(21)27)10-14-22(32)34-25(3,4)5/h7-9,11,13,15-16,19,23H,6,10,12,14H2,1-5H3,(H,31,33)/t16-,19?,23+/m1/s1. The number of hydrogen-bond acceptors (Lipinski definition) is 3. The van der Waals surface area contributed by atoms with Gasteiger partial charge in [-0.25, -0.2) is 0 Å². The topological polar surface area (TPSA) is 55.4 Å². The molecule has 0 aromatic heterocycles. The highest BCUT2D eigenvalue weighted by Gasteiger charge is 2.46. The van der Waals surface area contributed by atoms with Crippen molar-refractivity contribution in [2.24, 2.45) is 17.8 Å². The summed E-state index contributed by atoms with van der Waals surface area (Å²) in [5.74, 6) is -4.84. The molecule has 4 nitrogen and oxygen atoms in total. The number of carbonyl (C=O) groups is 2. The Morgan fingerprint density at radius 1 is 1.24 bits per heavy atom. The summed E-state index contributed by atoms with van der Waals surface area (Å²) in [7, 11) is 0. The Morgan fingerprint density at radius 3 is 2.44 bits per heavy atom. The summed E-state index contributed by atoms with van der Waals surface area (Å²) >= 11 is 6.24. The van der Waals surface area contributed by atoms with Crippen molar-refractivity contribution in [3.05, 3.63) is 52.6 Å². The molecule has 3 atom stereocenters. The number of halogens is 4. The third-order valence-corrected chi connectivity index (χ3v) is 6.09. The van der Waals surface area contributed by atoms with Crippen LogP contribution in [0.5, 0.6) is 0 Å². The van der Waals surface area contributed by atoms with Crippen molar-refractivity contribution in [3.63, 3.8) is 0 Å². The minimum Gasteiger partial charge on any atom is -0.460 e. The minimum atomic E-state index is -4.52. The Hall–Kier alpha value is -2.28. The lowest BCUT2D eigenvalue weighted by atomic mass is 9.77. The number of nitrogens with one attached hydrogen (secondary N) is 1. The van der Waals surface area contributed by atoms with E-state index in [0.717, 1.165) is 18.9 Å². The summed E-state index contributed by atoms with van der Waals surface area (Å²) in [6, 6.07) is 4.85. The van der Waals surface area contributed by atoms with Crippen molar-refractivity contribution in [3.8, 4) is 0 Å². The molecule has 188 valence electrons. The molecule has 0 aliphatic heterocycles. The van der Waals surface area contributed by atoms with Crippen LogP contribution in [0.3, 0.4) is 0 Å². The van der Waals surface area contributed by atoms with E-state index in [1.807, 2.05) is 13.0 Å². The second kappa shape index (κ2) is 11.4. The fraction of sp³-hybridized carbons (Fsp3) is 0.538. The molecule has 0 radical (unpaired) electrons. The number of anilines is 1. The Bertz CT molecular complexity index is 948. The molecule has 0 bridgehead atoms. The number of amides is 1. The molecule has 1 amide bonds. The Morgan fingerprint density at radius 2 is 1.91 bits per heavy atom. The molecule has 1 unspecified atom stereocenters. The van der Waals surface area contributed by atoms with Gasteiger partial charge in [-0.05, 0) is 63.6 Å². The zero-order chi connectivity index (χ0) is 25.7. The van der Waals surface area contributed by atoms with Crippen molar-refractivity contribution in [1.82, 2.24) is 0 Å². The van der Waals surface area contributed by atoms with Crippen LogP contribution < -0.4 is 5.32 Å². The maximum Gasteiger partial charge on any atom is 0.392 e. The van der Waals surface area contributed by atoms with Gasteiger partial charge in [0.15, 0.2) is 0 Å². The number of alkyl halides is 3. The maximum absolute atomic E-state index is 13.6. The summed E-state index contributed by atoms with van der Waals surface area (Å²) in [6.45, 7) is 8.34. The number of ether oxygens (including phenoxy) is 1. The van der Waals surface area contributed by atoms with Gasteiger partial charge in [0, 0.05) is 6.42 Å². The van der Waals surface area contributed by atoms with Crippen LogP contribution in [0.1, 0.15) is 59.4 Å². The van der Waals surface area contributed by atoms with Crippen LogP contribution in [0.25, 0.3) is 0 Å². The molecule has 0 heterocycles. The first kappa shape index (κ1) is 28.0. The van der Waals surface area contributed by atoms with Gasteiger partial charge in [-0.1, -0.05) is 55.3 Å². The third kappa shape index (κ3) is 8.19. The molecule has 0 spiro atoms. The minimum absolute atomic E-state index is 0.124. The lowest BCUT2D eigenvalue weighted by Gasteiger charge is -2.31. The van der Waals surface area contributed by atoms with Crippen LogP contribution in [-0.2, 0) is 20.7 Å². The van der Waals surface area contributed by atoms with Crippen molar-refractivity contribution in [2.45, 2.75) is 72.1 Å². The van der Waals surface area contributed by atoms with Crippen LogP contribution in [-0.4, -0.2) is 23.7 Å². The molecule has 1 aromatic rings. The van der Waals surface area contributed by atoms with Crippen molar-refractivity contribution < 1.29 is 27.5 Å². The fourth-order valence-electron chi connectivity index (χ4n) is 3.88. The van der Waals surface area contributed by atoms with E-state index >= 15 is 0 Å². The second-order valence-corrected chi connectivity index (χ2v) is 10.0. The Balaban J connectivity index is 2.19. The zero-order valence-corrected chi connectivity index (χ0v) is 21.0. The molecule has 8 heteroatoms. The Labute approximate surface area is 204 Å². The van der Waals surface area contributed by atoms with Gasteiger partial charge in [0.05, 0.1) is 22.5 Å². The first-order valence-electron chi connectivity index (χ1n) is 11.5. The van der Waals surface area contributed by atoms with Crippen molar-refractivity contribution >= 4 is 29.2 Å². The van der Waals surface area contributed by atoms with E-state index in [1.54, 1.807) is 51.1 Å². The van der Waals surface area contributed by atoms with Crippen LogP contribution in [0, 0.1) is 17.8 Å². The van der Waals surface area contributed by atoms with Gasteiger partial charge in [-0.3, -0.25) is 9.59 Å². The third-order valence-electron chi connectivity index (χ3n) is 5.76. The molecule has 1 aromatic carbocycles. The monoisotopic (exact) mass is 499 g/mol. The molecule has 1 N–H and O–H groups in total. The predicted molar refractivity (Wildman–Crippen MR) is 129 cm³/mol. The number of aryl methyl sites for hydroxylation is 1. The second-order valence-electron chi connectivity index (χ2n) is 9.64. The molecule has 0 saturated carbocycles. The molecule has 2 rings (SSSR count). The van der Waals surface area contributed by atoms with Crippen LogP contribution >= 0.6 is 11.6 Å². The quantitative estimate of drug-likeness (QED) is 0.382. The van der Waals surface area contributed by atoms with E-state index in [-0.39, 0.29) is 23.1 Å². The lowest BCUT2D eigenvalue weighted by molar-refractivity contribution is -0.188. The van der Waals surface area contributed by atoms with Crippen LogP contribution in [0.2, 0.25) is 5.02 Å². The molecule has 34 heavy (non-hydrogen) atoms. The molecular formula is C26H33ClF3NO3. The SMILES string of the molecule is CCC1=CCC([C@@H](C(=O)Nc2cc(CCC(=O)OC(C)(C)C)ccc2Cl)[C@@H](C)C(F)(F)F)C=C1. The van der Waals surface area contributed by atoms with Crippen LogP contribution in [0.4, 0.5) is 18.9 Å². The van der Waals surface area contributed by atoms with E-state index in [0.29, 0.717) is 18.4 Å². The number of benzene rings is 1. The van der Waals surface area contributed by atoms with E-state index < -0.39 is 35.4 Å². The van der Waals surface area contributed by atoms with E-state index in [2.05, 4.69) is 5.32 Å². The molecule has 0 saturated heterocycles. The summed E-state index contributed by atoms with van der Waals surface area (Å²) in [4.78, 5) is 25.1. The number of esters is 1. The average Bonchev–Trinajstić information content (AvgIpc) is 2.73. The van der Waals surface area contributed by atoms with Crippen molar-refractivity contribution in [2.75, 3.05) is 5.32 Å². The number of hydrogen-bond donors (Lipinski definition) is 1. The first-order valence-corrected chi connectivity index (χ1v) is 11.8. The molecule has 1 aliphatic rings. The van der Waals surface area contributed by atoms with Crippen molar-refractivity contribution in [1.29, 1.82) is 0 Å². The largest absolute Gasteiger partial charge is 0.460 e. The van der Waals surface area contributed by atoms with E-state index in [1.165, 1.54) is 0 Å². The van der Waals surface area contributed by atoms with Gasteiger partial charge in [0.1, 0.15) is 5.60 Å². The zero-order valence-electron chi connectivity index (χ0n) is 20.3. The summed E-state index contributed by atoms with van der Waals surface area (Å²) in [6.07, 6.45) is 2.46. The smallest absolute Gasteiger partial charge is 0.392 e. The Kier molecular flexibility index (Phi) is 9.40. The summed E-state index contributed by atoms with van der Waals surface area (Å²) in [5, 5.41) is 2.82. The summed E-state index contributed by atoms with van der Waals surface area (Å²) < 4.78 is 46.2. The van der Waals surface area contributed by atoms with E-state index in [9.17, 15) is 22.8 Å². The predicted octanol–water partition coefficient (Wildman–Crippen LogP) is 7.28. The number of rotatable bonds is 8. The molecular weight excluding hydrogens is 467 g/mol. The molecule has 0 fully saturated rings. The van der Waals surface area contributed by atoms with E-state index in [4.69, 9.17) is 16.3 Å². The highest BCUT2D eigenvalue weighted by Crippen LogP contribution is 2.39. The van der Waals surface area contributed by atoms with Gasteiger partial charge in [0.2, 0.25) is 5.91 Å². The van der Waals surface area contributed by atoms with Gasteiger partial charge in [0.25, 0.3) is 0 Å². The number of carbonyl (C=O) groups excluding carboxylic acids is 2. The average molecular weight is 500 g/mol. The van der Waals surface area contributed by atoms with Gasteiger partial charge in [-0.15, -0.1) is 0 Å². The number of allylic oxidation sites excluding steroid dienone is 4. The highest BCUT2D eigenvalue weighted by molar-refractivity contribution is 6.33. The first-order chi connectivity index (χ1) is 15.7. The lowest BCUT2D eigenvalue weighted by Crippen LogP contribution is -2.40. The maximum atomic E-state index is 13.6. The van der Waals surface area contributed by atoms with Gasteiger partial charge < -0.3 is 10.1 Å². The summed E-state index contributed by atoms with van der Waals surface area (Å²) in [5.41, 5.74) is 1.37. The normalized spacial score (nSPS) is 18.1. The highest BCUT2D eigenvalue weighted by atomic mass is 35.5. The van der Waals surface area contributed by atoms with Crippen LogP contribution in [0.15, 0.2) is 42.0 Å². The molecule has 1 aliphatic carbocycles. The van der Waals surface area contributed by atoms with Gasteiger partial charge in [-0.2, -0.15) is 13.2 Å².